The van der Waals surface area contributed by atoms with Crippen LogP contribution >= 0.6 is 0 Å². The minimum absolute atomic E-state index is 0.0876. The molecule has 0 aliphatic carbocycles. The van der Waals surface area contributed by atoms with Crippen molar-refractivity contribution in [3.8, 4) is 0 Å². The monoisotopic (exact) mass is 317 g/mol. The number of rotatable bonds is 7. The van der Waals surface area contributed by atoms with Crippen molar-refractivity contribution in [2.45, 2.75) is 32.5 Å². The highest BCUT2D eigenvalue weighted by Gasteiger charge is 2.22. The van der Waals surface area contributed by atoms with Crippen molar-refractivity contribution in [2.75, 3.05) is 0 Å². The number of carboxylic acids is 1. The van der Waals surface area contributed by atoms with E-state index in [1.165, 1.54) is 0 Å². The van der Waals surface area contributed by atoms with Gasteiger partial charge in [-0.15, -0.1) is 0 Å². The van der Waals surface area contributed by atoms with Crippen LogP contribution in [0.4, 0.5) is 4.79 Å². The van der Waals surface area contributed by atoms with Gasteiger partial charge in [0.05, 0.1) is 6.54 Å². The maximum atomic E-state index is 11.8. The molecule has 0 spiro atoms. The molecule has 1 unspecified atom stereocenters. The van der Waals surface area contributed by atoms with Crippen molar-refractivity contribution < 1.29 is 19.4 Å². The quantitative estimate of drug-likeness (QED) is 0.812. The summed E-state index contributed by atoms with van der Waals surface area (Å²) in [7, 11) is 0. The number of imidazole rings is 1. The van der Waals surface area contributed by atoms with Crippen molar-refractivity contribution in [1.82, 2.24) is 14.9 Å². The molecule has 1 atom stereocenters. The predicted molar refractivity (Wildman–Crippen MR) is 82.8 cm³/mol. The van der Waals surface area contributed by atoms with Crippen LogP contribution in [-0.2, 0) is 29.1 Å². The first-order chi connectivity index (χ1) is 11.1. The number of alkyl carbamates (subject to hydrolysis) is 1. The molecule has 0 saturated carbocycles. The highest BCUT2D eigenvalue weighted by Crippen LogP contribution is 2.03. The van der Waals surface area contributed by atoms with Crippen molar-refractivity contribution >= 4 is 12.1 Å². The Bertz CT molecular complexity index is 654. The fourth-order valence-corrected chi connectivity index (χ4v) is 2.11. The van der Waals surface area contributed by atoms with Crippen molar-refractivity contribution in [2.24, 2.45) is 0 Å². The molecule has 0 bridgehead atoms. The summed E-state index contributed by atoms with van der Waals surface area (Å²) in [6.45, 7) is 2.11. The summed E-state index contributed by atoms with van der Waals surface area (Å²) < 4.78 is 6.75. The fraction of sp³-hybridized carbons (Fsp3) is 0.312. The smallest absolute Gasteiger partial charge is 0.408 e. The number of carbonyl (C=O) groups is 2. The van der Waals surface area contributed by atoms with E-state index in [1.54, 1.807) is 17.0 Å². The molecular formula is C16H19N3O4. The molecule has 0 aliphatic rings. The van der Waals surface area contributed by atoms with Gasteiger partial charge in [-0.1, -0.05) is 37.3 Å². The Morgan fingerprint density at radius 1 is 1.35 bits per heavy atom. The summed E-state index contributed by atoms with van der Waals surface area (Å²) in [5, 5.41) is 11.6. The Kier molecular flexibility index (Phi) is 5.74. The normalized spacial score (nSPS) is 11.7. The van der Waals surface area contributed by atoms with Gasteiger partial charge in [-0.3, -0.25) is 0 Å². The molecule has 2 aromatic rings. The van der Waals surface area contributed by atoms with Crippen LogP contribution in [0.15, 0.2) is 42.7 Å². The molecule has 7 heteroatoms. The van der Waals surface area contributed by atoms with Crippen LogP contribution in [0.2, 0.25) is 0 Å². The van der Waals surface area contributed by atoms with Crippen LogP contribution in [-0.4, -0.2) is 32.8 Å². The first-order valence-corrected chi connectivity index (χ1v) is 7.30. The molecule has 0 fully saturated rings. The van der Waals surface area contributed by atoms with Gasteiger partial charge in [-0.05, 0) is 5.56 Å². The van der Waals surface area contributed by atoms with Crippen LogP contribution < -0.4 is 5.32 Å². The highest BCUT2D eigenvalue weighted by molar-refractivity contribution is 5.79. The van der Waals surface area contributed by atoms with E-state index in [0.717, 1.165) is 11.4 Å². The number of carboxylic acid groups (broad SMARTS) is 1. The van der Waals surface area contributed by atoms with E-state index in [4.69, 9.17) is 4.74 Å². The number of benzene rings is 1. The van der Waals surface area contributed by atoms with Gasteiger partial charge in [0.1, 0.15) is 18.5 Å². The van der Waals surface area contributed by atoms with Crippen LogP contribution in [0, 0.1) is 0 Å². The summed E-state index contributed by atoms with van der Waals surface area (Å²) in [5.41, 5.74) is 0.831. The molecular weight excluding hydrogens is 298 g/mol. The maximum Gasteiger partial charge on any atom is 0.408 e. The third-order valence-electron chi connectivity index (χ3n) is 3.30. The van der Waals surface area contributed by atoms with Crippen LogP contribution in [0.25, 0.3) is 0 Å². The number of aryl methyl sites for hydroxylation is 1. The van der Waals surface area contributed by atoms with Gasteiger partial charge < -0.3 is 19.7 Å². The molecule has 0 radical (unpaired) electrons. The number of hydrogen-bond acceptors (Lipinski definition) is 4. The molecule has 0 saturated heterocycles. The SMILES string of the molecule is CCc1nccn1CC(NC(=O)OCc1ccccc1)C(=O)O. The van der Waals surface area contributed by atoms with E-state index in [2.05, 4.69) is 10.3 Å². The predicted octanol–water partition coefficient (Wildman–Crippen LogP) is 1.83. The largest absolute Gasteiger partial charge is 0.480 e. The summed E-state index contributed by atoms with van der Waals surface area (Å²) in [6, 6.07) is 8.09. The van der Waals surface area contributed by atoms with Gasteiger partial charge >= 0.3 is 12.1 Å². The number of nitrogens with zero attached hydrogens (tertiary/aromatic N) is 2. The van der Waals surface area contributed by atoms with E-state index >= 15 is 0 Å². The van der Waals surface area contributed by atoms with Gasteiger partial charge in [0, 0.05) is 18.8 Å². The lowest BCUT2D eigenvalue weighted by atomic mass is 10.2. The molecule has 1 aromatic carbocycles. The Morgan fingerprint density at radius 3 is 2.74 bits per heavy atom. The topological polar surface area (TPSA) is 93.5 Å². The third kappa shape index (κ3) is 4.84. The van der Waals surface area contributed by atoms with E-state index in [9.17, 15) is 14.7 Å². The summed E-state index contributed by atoms with van der Waals surface area (Å²) in [4.78, 5) is 27.3. The molecule has 122 valence electrons. The number of nitrogens with one attached hydrogen (secondary N) is 1. The number of aliphatic carboxylic acids is 1. The Labute approximate surface area is 133 Å². The molecule has 1 amide bonds. The molecule has 7 nitrogen and oxygen atoms in total. The number of ether oxygens (including phenoxy) is 1. The summed E-state index contributed by atoms with van der Waals surface area (Å²) >= 11 is 0. The van der Waals surface area contributed by atoms with E-state index < -0.39 is 18.1 Å². The van der Waals surface area contributed by atoms with Gasteiger partial charge in [0.15, 0.2) is 0 Å². The number of hydrogen-bond donors (Lipinski definition) is 2. The maximum absolute atomic E-state index is 11.8. The Morgan fingerprint density at radius 2 is 2.09 bits per heavy atom. The first kappa shape index (κ1) is 16.5. The number of aromatic nitrogens is 2. The lowest BCUT2D eigenvalue weighted by Crippen LogP contribution is -2.44. The molecule has 2 N–H and O–H groups in total. The van der Waals surface area contributed by atoms with E-state index in [0.29, 0.717) is 6.42 Å². The third-order valence-corrected chi connectivity index (χ3v) is 3.30. The second-order valence-corrected chi connectivity index (χ2v) is 4.95. The molecule has 0 aliphatic heterocycles. The Balaban J connectivity index is 1.91. The minimum Gasteiger partial charge on any atom is -0.480 e. The second-order valence-electron chi connectivity index (χ2n) is 4.95. The van der Waals surface area contributed by atoms with Gasteiger partial charge in [-0.2, -0.15) is 0 Å². The van der Waals surface area contributed by atoms with Gasteiger partial charge in [-0.25, -0.2) is 14.6 Å². The van der Waals surface area contributed by atoms with Crippen molar-refractivity contribution in [3.05, 3.63) is 54.1 Å². The van der Waals surface area contributed by atoms with Gasteiger partial charge in [0.2, 0.25) is 0 Å². The summed E-state index contributed by atoms with van der Waals surface area (Å²) in [5.74, 6) is -0.367. The lowest BCUT2D eigenvalue weighted by Gasteiger charge is -2.16. The molecule has 23 heavy (non-hydrogen) atoms. The zero-order valence-corrected chi connectivity index (χ0v) is 12.8. The van der Waals surface area contributed by atoms with Gasteiger partial charge in [0.25, 0.3) is 0 Å². The summed E-state index contributed by atoms with van der Waals surface area (Å²) in [6.07, 6.45) is 3.20. The lowest BCUT2D eigenvalue weighted by molar-refractivity contribution is -0.139. The zero-order chi connectivity index (χ0) is 16.7. The molecule has 2 rings (SSSR count). The second kappa shape index (κ2) is 7.98. The van der Waals surface area contributed by atoms with Crippen molar-refractivity contribution in [1.29, 1.82) is 0 Å². The fourth-order valence-electron chi connectivity index (χ4n) is 2.11. The Hall–Kier alpha value is -2.83. The van der Waals surface area contributed by atoms with Crippen LogP contribution in [0.5, 0.6) is 0 Å². The van der Waals surface area contributed by atoms with Crippen LogP contribution in [0.1, 0.15) is 18.3 Å². The molecule has 1 heterocycles. The zero-order valence-electron chi connectivity index (χ0n) is 12.8. The number of amides is 1. The van der Waals surface area contributed by atoms with Crippen molar-refractivity contribution in [3.63, 3.8) is 0 Å². The first-order valence-electron chi connectivity index (χ1n) is 7.30. The number of carbonyl (C=O) groups excluding carboxylic acids is 1. The standard InChI is InChI=1S/C16H19N3O4/c1-2-14-17-8-9-19(14)10-13(15(20)21)18-16(22)23-11-12-6-4-3-5-7-12/h3-9,13H,2,10-11H2,1H3,(H,18,22)(H,20,21). The van der Waals surface area contributed by atoms with E-state index in [-0.39, 0.29) is 13.2 Å². The average molecular weight is 317 g/mol. The molecule has 1 aromatic heterocycles. The van der Waals surface area contributed by atoms with Crippen LogP contribution in [0.3, 0.4) is 0 Å². The minimum atomic E-state index is -1.13. The highest BCUT2D eigenvalue weighted by atomic mass is 16.5. The van der Waals surface area contributed by atoms with E-state index in [1.807, 2.05) is 37.3 Å². The average Bonchev–Trinajstić information content (AvgIpc) is 3.00.